The zero-order valence-corrected chi connectivity index (χ0v) is 13.7. The van der Waals surface area contributed by atoms with Crippen LogP contribution in [0.1, 0.15) is 11.3 Å². The number of nitrogens with one attached hydrogen (secondary N) is 1. The SMILES string of the molecule is Cc1cc(NS(=O)(=O)c2ccc(C#N)cc2)nn1-c1ccccc1. The van der Waals surface area contributed by atoms with Gasteiger partial charge in [-0.1, -0.05) is 18.2 Å². The van der Waals surface area contributed by atoms with Crippen molar-refractivity contribution in [1.29, 1.82) is 5.26 Å². The minimum Gasteiger partial charge on any atom is -0.262 e. The fourth-order valence-corrected chi connectivity index (χ4v) is 3.25. The number of hydrogen-bond acceptors (Lipinski definition) is 4. The maximum absolute atomic E-state index is 12.4. The Hall–Kier alpha value is -3.11. The lowest BCUT2D eigenvalue weighted by Crippen LogP contribution is -2.13. The molecule has 1 N–H and O–H groups in total. The molecule has 1 heterocycles. The zero-order valence-electron chi connectivity index (χ0n) is 12.8. The number of anilines is 1. The molecule has 0 saturated carbocycles. The minimum absolute atomic E-state index is 0.0772. The predicted octanol–water partition coefficient (Wildman–Crippen LogP) is 2.85. The molecule has 3 rings (SSSR count). The lowest BCUT2D eigenvalue weighted by atomic mass is 10.2. The molecule has 0 radical (unpaired) electrons. The average Bonchev–Trinajstić information content (AvgIpc) is 2.95. The summed E-state index contributed by atoms with van der Waals surface area (Å²) in [6.45, 7) is 1.85. The molecule has 0 atom stereocenters. The number of aromatic nitrogens is 2. The second-order valence-electron chi connectivity index (χ2n) is 5.16. The number of nitriles is 1. The van der Waals surface area contributed by atoms with Gasteiger partial charge in [-0.15, -0.1) is 5.10 Å². The molecular weight excluding hydrogens is 324 g/mol. The van der Waals surface area contributed by atoms with Gasteiger partial charge >= 0.3 is 0 Å². The predicted molar refractivity (Wildman–Crippen MR) is 90.3 cm³/mol. The van der Waals surface area contributed by atoms with Crippen LogP contribution < -0.4 is 4.72 Å². The Balaban J connectivity index is 1.89. The molecule has 1 aromatic heterocycles. The molecule has 24 heavy (non-hydrogen) atoms. The summed E-state index contributed by atoms with van der Waals surface area (Å²) in [4.78, 5) is 0.0772. The molecule has 0 amide bonds. The maximum Gasteiger partial charge on any atom is 0.263 e. The van der Waals surface area contributed by atoms with E-state index in [-0.39, 0.29) is 10.7 Å². The molecule has 0 unspecified atom stereocenters. The van der Waals surface area contributed by atoms with E-state index in [1.165, 1.54) is 24.3 Å². The van der Waals surface area contributed by atoms with E-state index in [2.05, 4.69) is 9.82 Å². The Morgan fingerprint density at radius 1 is 1.08 bits per heavy atom. The van der Waals surface area contributed by atoms with Crippen molar-refractivity contribution in [3.8, 4) is 11.8 Å². The Morgan fingerprint density at radius 3 is 2.38 bits per heavy atom. The third-order valence-corrected chi connectivity index (χ3v) is 4.79. The Kier molecular flexibility index (Phi) is 4.06. The molecule has 7 heteroatoms. The molecule has 0 aliphatic carbocycles. The van der Waals surface area contributed by atoms with Crippen LogP contribution in [-0.4, -0.2) is 18.2 Å². The molecule has 0 aliphatic rings. The van der Waals surface area contributed by atoms with Crippen molar-refractivity contribution in [2.75, 3.05) is 4.72 Å². The van der Waals surface area contributed by atoms with Crippen molar-refractivity contribution >= 4 is 15.8 Å². The van der Waals surface area contributed by atoms with Gasteiger partial charge in [-0.3, -0.25) is 4.72 Å². The molecule has 3 aromatic rings. The fraction of sp³-hybridized carbons (Fsp3) is 0.0588. The van der Waals surface area contributed by atoms with Gasteiger partial charge in [0.1, 0.15) is 0 Å². The molecule has 2 aromatic carbocycles. The van der Waals surface area contributed by atoms with E-state index in [0.29, 0.717) is 5.56 Å². The van der Waals surface area contributed by atoms with Crippen LogP contribution in [0.3, 0.4) is 0 Å². The van der Waals surface area contributed by atoms with E-state index in [4.69, 9.17) is 5.26 Å². The van der Waals surface area contributed by atoms with Gasteiger partial charge < -0.3 is 0 Å². The highest BCUT2D eigenvalue weighted by atomic mass is 32.2. The molecule has 120 valence electrons. The number of aryl methyl sites for hydroxylation is 1. The molecule has 0 spiro atoms. The summed E-state index contributed by atoms with van der Waals surface area (Å²) in [6, 6.07) is 18.8. The normalized spacial score (nSPS) is 11.0. The summed E-state index contributed by atoms with van der Waals surface area (Å²) >= 11 is 0. The van der Waals surface area contributed by atoms with Gasteiger partial charge in [0, 0.05) is 11.8 Å². The minimum atomic E-state index is -3.76. The monoisotopic (exact) mass is 338 g/mol. The topological polar surface area (TPSA) is 87.8 Å². The van der Waals surface area contributed by atoms with Crippen LogP contribution in [0.25, 0.3) is 5.69 Å². The van der Waals surface area contributed by atoms with Crippen molar-refractivity contribution in [3.05, 3.63) is 71.9 Å². The van der Waals surface area contributed by atoms with E-state index < -0.39 is 10.0 Å². The lowest BCUT2D eigenvalue weighted by Gasteiger charge is -2.05. The highest BCUT2D eigenvalue weighted by molar-refractivity contribution is 7.92. The van der Waals surface area contributed by atoms with Crippen LogP contribution in [0.2, 0.25) is 0 Å². The van der Waals surface area contributed by atoms with Crippen LogP contribution in [0.15, 0.2) is 65.6 Å². The van der Waals surface area contributed by atoms with Gasteiger partial charge in [-0.2, -0.15) is 5.26 Å². The number of sulfonamides is 1. The smallest absolute Gasteiger partial charge is 0.262 e. The first-order chi connectivity index (χ1) is 11.5. The number of rotatable bonds is 4. The van der Waals surface area contributed by atoms with Gasteiger partial charge in [0.25, 0.3) is 10.0 Å². The zero-order chi connectivity index (χ0) is 17.2. The summed E-state index contributed by atoms with van der Waals surface area (Å²) in [5.41, 5.74) is 2.05. The van der Waals surface area contributed by atoms with Crippen LogP contribution >= 0.6 is 0 Å². The number of para-hydroxylation sites is 1. The standard InChI is InChI=1S/C17H14N4O2S/c1-13-11-17(19-21(13)15-5-3-2-4-6-15)20-24(22,23)16-9-7-14(12-18)8-10-16/h2-11H,1H3,(H,19,20). The van der Waals surface area contributed by atoms with Gasteiger partial charge in [0.15, 0.2) is 5.82 Å². The lowest BCUT2D eigenvalue weighted by molar-refractivity contribution is 0.601. The number of hydrogen-bond donors (Lipinski definition) is 1. The number of benzene rings is 2. The van der Waals surface area contributed by atoms with E-state index in [0.717, 1.165) is 11.4 Å². The van der Waals surface area contributed by atoms with E-state index in [1.807, 2.05) is 43.3 Å². The molecule has 0 fully saturated rings. The van der Waals surface area contributed by atoms with Crippen molar-refractivity contribution in [2.45, 2.75) is 11.8 Å². The second-order valence-corrected chi connectivity index (χ2v) is 6.84. The first-order valence-corrected chi connectivity index (χ1v) is 8.63. The van der Waals surface area contributed by atoms with Crippen molar-refractivity contribution in [1.82, 2.24) is 9.78 Å². The Labute approximate surface area is 140 Å². The summed E-state index contributed by atoms with van der Waals surface area (Å²) in [5, 5.41) is 13.1. The summed E-state index contributed by atoms with van der Waals surface area (Å²) < 4.78 is 29.0. The maximum atomic E-state index is 12.4. The van der Waals surface area contributed by atoms with Crippen LogP contribution in [-0.2, 0) is 10.0 Å². The summed E-state index contributed by atoms with van der Waals surface area (Å²) in [6.07, 6.45) is 0. The van der Waals surface area contributed by atoms with Crippen LogP contribution in [0.4, 0.5) is 5.82 Å². The van der Waals surface area contributed by atoms with E-state index in [9.17, 15) is 8.42 Å². The molecular formula is C17H14N4O2S. The molecule has 0 aliphatic heterocycles. The first-order valence-electron chi connectivity index (χ1n) is 7.15. The first kappa shape index (κ1) is 15.8. The van der Waals surface area contributed by atoms with Crippen molar-refractivity contribution < 1.29 is 8.42 Å². The number of nitrogens with zero attached hydrogens (tertiary/aromatic N) is 3. The average molecular weight is 338 g/mol. The third kappa shape index (κ3) is 3.14. The van der Waals surface area contributed by atoms with Gasteiger partial charge in [0.05, 0.1) is 22.2 Å². The van der Waals surface area contributed by atoms with Crippen molar-refractivity contribution in [2.24, 2.45) is 0 Å². The molecule has 0 saturated heterocycles. The Bertz CT molecular complexity index is 1000. The fourth-order valence-electron chi connectivity index (χ4n) is 2.26. The van der Waals surface area contributed by atoms with Crippen molar-refractivity contribution in [3.63, 3.8) is 0 Å². The van der Waals surface area contributed by atoms with Gasteiger partial charge in [-0.25, -0.2) is 13.1 Å². The highest BCUT2D eigenvalue weighted by Gasteiger charge is 2.16. The summed E-state index contributed by atoms with van der Waals surface area (Å²) in [7, 11) is -3.76. The van der Waals surface area contributed by atoms with Crippen LogP contribution in [0.5, 0.6) is 0 Å². The largest absolute Gasteiger partial charge is 0.263 e. The summed E-state index contributed by atoms with van der Waals surface area (Å²) in [5.74, 6) is 0.237. The quantitative estimate of drug-likeness (QED) is 0.792. The molecule has 0 bridgehead atoms. The van der Waals surface area contributed by atoms with E-state index in [1.54, 1.807) is 10.7 Å². The van der Waals surface area contributed by atoms with E-state index >= 15 is 0 Å². The van der Waals surface area contributed by atoms with Crippen LogP contribution in [0, 0.1) is 18.3 Å². The highest BCUT2D eigenvalue weighted by Crippen LogP contribution is 2.19. The van der Waals surface area contributed by atoms with Gasteiger partial charge in [-0.05, 0) is 43.3 Å². The second kappa shape index (κ2) is 6.18. The van der Waals surface area contributed by atoms with Gasteiger partial charge in [0.2, 0.25) is 0 Å². The third-order valence-electron chi connectivity index (χ3n) is 3.42. The Morgan fingerprint density at radius 2 is 1.75 bits per heavy atom. The molecule has 6 nitrogen and oxygen atoms in total.